The average Bonchev–Trinajstić information content (AvgIpc) is 3.01. The predicted molar refractivity (Wildman–Crippen MR) is 96.8 cm³/mol. The Morgan fingerprint density at radius 1 is 1.04 bits per heavy atom. The highest BCUT2D eigenvalue weighted by molar-refractivity contribution is 7.88. The third kappa shape index (κ3) is 4.99. The van der Waals surface area contributed by atoms with Crippen LogP contribution in [0.25, 0.3) is 0 Å². The quantitative estimate of drug-likeness (QED) is 0.588. The van der Waals surface area contributed by atoms with E-state index >= 15 is 0 Å². The first-order valence-electron chi connectivity index (χ1n) is 7.45. The average molecular weight is 384 g/mol. The molecule has 0 amide bonds. The van der Waals surface area contributed by atoms with Crippen LogP contribution in [0.3, 0.4) is 0 Å². The van der Waals surface area contributed by atoms with Gasteiger partial charge in [0.05, 0.1) is 10.7 Å². The number of nitro benzene ring substituents is 1. The molecule has 0 atom stereocenters. The van der Waals surface area contributed by atoms with E-state index in [9.17, 15) is 18.5 Å². The summed E-state index contributed by atoms with van der Waals surface area (Å²) < 4.78 is 26.9. The summed E-state index contributed by atoms with van der Waals surface area (Å²) in [5, 5.41) is 13.9. The van der Waals surface area contributed by atoms with E-state index in [4.69, 9.17) is 0 Å². The molecule has 0 saturated heterocycles. The molecule has 9 heteroatoms. The number of halogens is 1. The molecule has 3 rings (SSSR count). The number of sulfonamides is 1. The van der Waals surface area contributed by atoms with Crippen molar-refractivity contribution in [2.75, 3.05) is 0 Å². The highest BCUT2D eigenvalue weighted by Gasteiger charge is 2.14. The summed E-state index contributed by atoms with van der Waals surface area (Å²) in [6.45, 7) is 1.88. The summed E-state index contributed by atoms with van der Waals surface area (Å²) in [6.07, 6.45) is 0. The van der Waals surface area contributed by atoms with E-state index in [0.717, 1.165) is 18.7 Å². The van der Waals surface area contributed by atoms with Gasteiger partial charge in [-0.05, 0) is 22.3 Å². The second-order valence-corrected chi connectivity index (χ2v) is 7.52. The van der Waals surface area contributed by atoms with E-state index in [2.05, 4.69) is 10.0 Å². The number of non-ortho nitro benzene ring substituents is 1. The Kier molecular flexibility index (Phi) is 6.12. The van der Waals surface area contributed by atoms with Crippen molar-refractivity contribution < 1.29 is 13.3 Å². The van der Waals surface area contributed by atoms with E-state index < -0.39 is 14.9 Å². The smallest absolute Gasteiger partial charge is 0.269 e. The molecule has 2 aromatic carbocycles. The lowest BCUT2D eigenvalue weighted by molar-refractivity contribution is -0.384. The molecule has 134 valence electrons. The molecule has 1 aliphatic rings. The lowest BCUT2D eigenvalue weighted by atomic mass is 10.1. The van der Waals surface area contributed by atoms with Gasteiger partial charge < -0.3 is 5.32 Å². The van der Waals surface area contributed by atoms with Crippen LogP contribution in [0.1, 0.15) is 22.3 Å². The fourth-order valence-corrected chi connectivity index (χ4v) is 3.76. The number of rotatable bonds is 6. The third-order valence-electron chi connectivity index (χ3n) is 3.90. The highest BCUT2D eigenvalue weighted by atomic mass is 35.5. The number of benzene rings is 2. The first-order chi connectivity index (χ1) is 11.4. The van der Waals surface area contributed by atoms with Crippen LogP contribution in [0.15, 0.2) is 42.5 Å². The van der Waals surface area contributed by atoms with Gasteiger partial charge in [-0.1, -0.05) is 30.3 Å². The molecular formula is C16H18ClN3O4S. The zero-order chi connectivity index (χ0) is 17.2. The van der Waals surface area contributed by atoms with Gasteiger partial charge in [0.25, 0.3) is 5.69 Å². The molecule has 0 aromatic heterocycles. The summed E-state index contributed by atoms with van der Waals surface area (Å²) in [4.78, 5) is 10.1. The lowest BCUT2D eigenvalue weighted by Gasteiger charge is -2.08. The molecule has 0 unspecified atom stereocenters. The van der Waals surface area contributed by atoms with Crippen molar-refractivity contribution in [1.82, 2.24) is 10.0 Å². The van der Waals surface area contributed by atoms with Crippen LogP contribution in [0.2, 0.25) is 0 Å². The molecule has 2 aromatic rings. The molecule has 0 bridgehead atoms. The zero-order valence-corrected chi connectivity index (χ0v) is 14.9. The normalized spacial score (nSPS) is 13.1. The van der Waals surface area contributed by atoms with Gasteiger partial charge in [0.15, 0.2) is 0 Å². The minimum absolute atomic E-state index is 0. The van der Waals surface area contributed by atoms with Gasteiger partial charge in [-0.3, -0.25) is 10.1 Å². The third-order valence-corrected chi connectivity index (χ3v) is 5.20. The molecule has 0 fully saturated rings. The second-order valence-electron chi connectivity index (χ2n) is 5.71. The summed E-state index contributed by atoms with van der Waals surface area (Å²) in [7, 11) is -3.52. The number of nitro groups is 1. The van der Waals surface area contributed by atoms with Crippen LogP contribution in [-0.2, 0) is 35.4 Å². The van der Waals surface area contributed by atoms with Crippen LogP contribution in [0.4, 0.5) is 5.69 Å². The number of nitrogens with one attached hydrogen (secondary N) is 2. The fraction of sp³-hybridized carbons (Fsp3) is 0.250. The monoisotopic (exact) mass is 383 g/mol. The largest absolute Gasteiger partial charge is 0.309 e. The maximum absolute atomic E-state index is 12.2. The Bertz CT molecular complexity index is 869. The van der Waals surface area contributed by atoms with Crippen LogP contribution in [0, 0.1) is 10.1 Å². The van der Waals surface area contributed by atoms with Gasteiger partial charge in [-0.2, -0.15) is 0 Å². The van der Waals surface area contributed by atoms with E-state index in [1.165, 1.54) is 35.4 Å². The molecule has 0 aliphatic carbocycles. The van der Waals surface area contributed by atoms with Gasteiger partial charge in [0.1, 0.15) is 0 Å². The van der Waals surface area contributed by atoms with Crippen molar-refractivity contribution in [3.63, 3.8) is 0 Å². The molecule has 25 heavy (non-hydrogen) atoms. The van der Waals surface area contributed by atoms with Gasteiger partial charge in [0.2, 0.25) is 10.0 Å². The van der Waals surface area contributed by atoms with Crippen molar-refractivity contribution >= 4 is 28.1 Å². The number of hydrogen-bond acceptors (Lipinski definition) is 5. The van der Waals surface area contributed by atoms with Crippen LogP contribution in [-0.4, -0.2) is 13.3 Å². The van der Waals surface area contributed by atoms with Gasteiger partial charge in [0, 0.05) is 31.8 Å². The second kappa shape index (κ2) is 7.92. The van der Waals surface area contributed by atoms with Gasteiger partial charge in [-0.15, -0.1) is 12.4 Å². The Morgan fingerprint density at radius 2 is 1.68 bits per heavy atom. The Labute approximate surface area is 152 Å². The van der Waals surface area contributed by atoms with E-state index in [0.29, 0.717) is 5.56 Å². The number of fused-ring (bicyclic) bond motifs is 1. The minimum atomic E-state index is -3.52. The van der Waals surface area contributed by atoms with Crippen molar-refractivity contribution in [1.29, 1.82) is 0 Å². The molecule has 2 N–H and O–H groups in total. The van der Waals surface area contributed by atoms with Crippen LogP contribution >= 0.6 is 12.4 Å². The Hall–Kier alpha value is -2.00. The molecule has 1 heterocycles. The summed E-state index contributed by atoms with van der Waals surface area (Å²) in [5.41, 5.74) is 3.79. The predicted octanol–water partition coefficient (Wildman–Crippen LogP) is 2.24. The molecule has 0 spiro atoms. The number of nitrogens with zero attached hydrogens (tertiary/aromatic N) is 1. The fourth-order valence-electron chi connectivity index (χ4n) is 2.64. The van der Waals surface area contributed by atoms with E-state index in [1.807, 2.05) is 18.2 Å². The molecular weight excluding hydrogens is 366 g/mol. The van der Waals surface area contributed by atoms with Crippen molar-refractivity contribution in [3.8, 4) is 0 Å². The summed E-state index contributed by atoms with van der Waals surface area (Å²) in [5.74, 6) is -0.211. The number of hydrogen-bond donors (Lipinski definition) is 2. The van der Waals surface area contributed by atoms with Crippen molar-refractivity contribution in [2.24, 2.45) is 0 Å². The maximum atomic E-state index is 12.2. The standard InChI is InChI=1S/C16H17N3O4S.ClH/c20-19(21)16-5-2-12(3-6-16)11-24(22,23)18-8-13-1-4-14-9-17-10-15(14)7-13;/h1-7,17-18H,8-11H2;1H. The van der Waals surface area contributed by atoms with E-state index in [1.54, 1.807) is 0 Å². The van der Waals surface area contributed by atoms with Gasteiger partial charge >= 0.3 is 0 Å². The SMILES string of the molecule is Cl.O=[N+]([O-])c1ccc(CS(=O)(=O)NCc2ccc3c(c2)CNC3)cc1. The molecule has 0 saturated carbocycles. The van der Waals surface area contributed by atoms with Crippen LogP contribution < -0.4 is 10.0 Å². The minimum Gasteiger partial charge on any atom is -0.309 e. The van der Waals surface area contributed by atoms with Gasteiger partial charge in [-0.25, -0.2) is 13.1 Å². The lowest BCUT2D eigenvalue weighted by Crippen LogP contribution is -2.24. The topological polar surface area (TPSA) is 101 Å². The Morgan fingerprint density at radius 3 is 2.36 bits per heavy atom. The Balaban J connectivity index is 0.00000225. The van der Waals surface area contributed by atoms with Crippen LogP contribution in [0.5, 0.6) is 0 Å². The van der Waals surface area contributed by atoms with Crippen molar-refractivity contribution in [2.45, 2.75) is 25.4 Å². The summed E-state index contributed by atoms with van der Waals surface area (Å²) in [6, 6.07) is 11.5. The molecule has 1 aliphatic heterocycles. The zero-order valence-electron chi connectivity index (χ0n) is 13.3. The summed E-state index contributed by atoms with van der Waals surface area (Å²) >= 11 is 0. The van der Waals surface area contributed by atoms with Crippen molar-refractivity contribution in [3.05, 3.63) is 74.8 Å². The highest BCUT2D eigenvalue weighted by Crippen LogP contribution is 2.17. The maximum Gasteiger partial charge on any atom is 0.269 e. The van der Waals surface area contributed by atoms with E-state index in [-0.39, 0.29) is 30.4 Å². The molecule has 0 radical (unpaired) electrons. The first kappa shape index (κ1) is 19.3. The first-order valence-corrected chi connectivity index (χ1v) is 9.10. The molecule has 7 nitrogen and oxygen atoms in total.